The molecule has 3 heterocycles. The van der Waals surface area contributed by atoms with Crippen LogP contribution in [0.15, 0.2) is 11.6 Å². The number of hydrogen-bond acceptors (Lipinski definition) is 17. The monoisotopic (exact) mass is 917 g/mol. The lowest BCUT2D eigenvalue weighted by Crippen LogP contribution is -2.67. The zero-order valence-corrected chi connectivity index (χ0v) is 39.0. The van der Waals surface area contributed by atoms with E-state index >= 15 is 0 Å². The van der Waals surface area contributed by atoms with E-state index < -0.39 is 116 Å². The Labute approximate surface area is 377 Å². The van der Waals surface area contributed by atoms with E-state index in [0.29, 0.717) is 25.7 Å². The maximum Gasteiger partial charge on any atom is 0.187 e. The maximum absolute atomic E-state index is 12.7. The number of fused-ring (bicyclic) bond motifs is 5. The highest BCUT2D eigenvalue weighted by Gasteiger charge is 2.72. The summed E-state index contributed by atoms with van der Waals surface area (Å²) in [6.07, 6.45) is -12.4. The third-order valence-electron chi connectivity index (χ3n) is 18.4. The molecule has 17 nitrogen and oxygen atoms in total. The molecule has 0 aromatic rings. The van der Waals surface area contributed by atoms with Crippen molar-refractivity contribution in [2.24, 2.45) is 45.3 Å². The van der Waals surface area contributed by atoms with E-state index in [1.54, 1.807) is 0 Å². The minimum atomic E-state index is -1.68. The number of allylic oxidation sites excluding steroid dienone is 2. The number of aliphatic hydroxyl groups is 11. The highest BCUT2D eigenvalue weighted by Crippen LogP contribution is 2.76. The highest BCUT2D eigenvalue weighted by molar-refractivity contribution is 5.20. The van der Waals surface area contributed by atoms with Gasteiger partial charge in [-0.2, -0.15) is 0 Å². The Morgan fingerprint density at radius 2 is 1.28 bits per heavy atom. The lowest BCUT2D eigenvalue weighted by atomic mass is 9.35. The van der Waals surface area contributed by atoms with Crippen LogP contribution in [0.2, 0.25) is 0 Å². The van der Waals surface area contributed by atoms with E-state index in [1.165, 1.54) is 0 Å². The molecule has 7 aliphatic rings. The predicted octanol–water partition coefficient (Wildman–Crippen LogP) is 0.612. The molecule has 0 bridgehead atoms. The minimum Gasteiger partial charge on any atom is -0.394 e. The van der Waals surface area contributed by atoms with Gasteiger partial charge in [0.25, 0.3) is 0 Å². The third-order valence-corrected chi connectivity index (χ3v) is 18.4. The van der Waals surface area contributed by atoms with Gasteiger partial charge in [0.15, 0.2) is 18.9 Å². The molecule has 4 saturated carbocycles. The molecule has 0 aromatic carbocycles. The van der Waals surface area contributed by atoms with Crippen molar-refractivity contribution in [2.75, 3.05) is 19.8 Å². The first-order valence-corrected chi connectivity index (χ1v) is 23.8. The first-order valence-electron chi connectivity index (χ1n) is 23.8. The lowest BCUT2D eigenvalue weighted by Gasteiger charge is -2.71. The Morgan fingerprint density at radius 1 is 0.672 bits per heavy atom. The zero-order valence-electron chi connectivity index (χ0n) is 39.0. The summed E-state index contributed by atoms with van der Waals surface area (Å²) in [7, 11) is 0. The molecule has 0 amide bonds. The van der Waals surface area contributed by atoms with Gasteiger partial charge >= 0.3 is 0 Å². The first-order chi connectivity index (χ1) is 29.9. The van der Waals surface area contributed by atoms with Crippen LogP contribution < -0.4 is 0 Å². The molecule has 3 aliphatic heterocycles. The molecule has 7 fully saturated rings. The van der Waals surface area contributed by atoms with Gasteiger partial charge in [0.2, 0.25) is 0 Å². The summed E-state index contributed by atoms with van der Waals surface area (Å²) >= 11 is 0. The molecule has 24 atom stereocenters. The third kappa shape index (κ3) is 8.60. The highest BCUT2D eigenvalue weighted by atomic mass is 16.7. The van der Waals surface area contributed by atoms with Crippen LogP contribution >= 0.6 is 0 Å². The second kappa shape index (κ2) is 18.8. The number of rotatable bonds is 12. The van der Waals surface area contributed by atoms with E-state index in [0.717, 1.165) is 37.7 Å². The molecule has 3 saturated heterocycles. The van der Waals surface area contributed by atoms with E-state index in [1.807, 2.05) is 20.8 Å². The topological polar surface area (TPSA) is 278 Å². The maximum atomic E-state index is 12.7. The molecule has 370 valence electrons. The van der Waals surface area contributed by atoms with Gasteiger partial charge in [-0.3, -0.25) is 0 Å². The average molecular weight is 917 g/mol. The van der Waals surface area contributed by atoms with Crippen molar-refractivity contribution >= 4 is 0 Å². The minimum absolute atomic E-state index is 0.149. The quantitative estimate of drug-likeness (QED) is 0.0946. The summed E-state index contributed by atoms with van der Waals surface area (Å²) in [5.74, 6) is -0.0478. The number of hydrogen-bond donors (Lipinski definition) is 11. The van der Waals surface area contributed by atoms with Gasteiger partial charge in [-0.05, 0) is 124 Å². The zero-order chi connectivity index (χ0) is 47.1. The smallest absolute Gasteiger partial charge is 0.187 e. The molecule has 0 spiro atoms. The summed E-state index contributed by atoms with van der Waals surface area (Å²) in [6, 6.07) is 0. The molecule has 7 rings (SSSR count). The van der Waals surface area contributed by atoms with Gasteiger partial charge in [0.1, 0.15) is 67.1 Å². The molecule has 64 heavy (non-hydrogen) atoms. The Balaban J connectivity index is 1.11. The van der Waals surface area contributed by atoms with Crippen molar-refractivity contribution < 1.29 is 84.6 Å². The molecule has 4 aliphatic carbocycles. The van der Waals surface area contributed by atoms with E-state index in [2.05, 4.69) is 40.7 Å². The average Bonchev–Trinajstić information content (AvgIpc) is 3.62. The first kappa shape index (κ1) is 50.9. The van der Waals surface area contributed by atoms with Crippen LogP contribution in [0.3, 0.4) is 0 Å². The second-order valence-electron chi connectivity index (χ2n) is 22.5. The van der Waals surface area contributed by atoms with E-state index in [-0.39, 0.29) is 52.6 Å². The number of aliphatic hydroxyl groups excluding tert-OH is 11. The Morgan fingerprint density at radius 3 is 1.94 bits per heavy atom. The summed E-state index contributed by atoms with van der Waals surface area (Å²) in [4.78, 5) is 0. The summed E-state index contributed by atoms with van der Waals surface area (Å²) in [5, 5.41) is 118. The van der Waals surface area contributed by atoms with Gasteiger partial charge in [0, 0.05) is 0 Å². The SMILES string of the molecule is CC(C)=CCCC(C)(O[C@@H]1O[C@H](CO[C@@H]2OC[C@@H](O)[C@H](O)[C@H]2O)[C@@H](O)[C@H](O)[C@H]1O)[C@H]1CC[C@]2(C)[C@@H]1[C@H](O)C[C@@H]1[C@@]3(C)CC[C@H](O[C@@H]4O[C@H](CO)[C@@H](O)[C@H](O)[C@H]4O)C(C)(C)[C@@H]3CC[C@]12C. The standard InChI is InChI=1S/C47H80O17/c1-22(2)10-9-14-47(8,64-42-39(58)36(55)34(53)27(62-42)21-60-40-37(56)32(51)25(50)20-59-40)23-11-16-46(7)31(23)24(49)18-29-44(5)15-13-30(43(3,4)28(44)12-17-45(29,46)6)63-41-38(57)35(54)33(52)26(19-48)61-41/h10,23-42,48-58H,9,11-21H2,1-8H3/t23-,24+,25+,26+,27+,28-,29+,30-,31-,32-,33+,34+,35-,36-,37+,38+,39+,40-,41-,42-,44-,45+,46+,47?/m0/s1. The fourth-order valence-corrected chi connectivity index (χ4v) is 14.5. The molecule has 1 unspecified atom stereocenters. The van der Waals surface area contributed by atoms with Crippen LogP contribution in [0.4, 0.5) is 0 Å². The van der Waals surface area contributed by atoms with Crippen molar-refractivity contribution in [1.29, 1.82) is 0 Å². The Hall–Kier alpha value is -0.940. The second-order valence-corrected chi connectivity index (χ2v) is 22.5. The van der Waals surface area contributed by atoms with Gasteiger partial charge < -0.3 is 84.6 Å². The van der Waals surface area contributed by atoms with E-state index in [4.69, 9.17) is 28.4 Å². The van der Waals surface area contributed by atoms with Gasteiger partial charge in [-0.15, -0.1) is 0 Å². The number of ether oxygens (including phenoxy) is 6. The molecule has 11 N–H and O–H groups in total. The van der Waals surface area contributed by atoms with Crippen molar-refractivity contribution in [3.63, 3.8) is 0 Å². The molecular weight excluding hydrogens is 836 g/mol. The van der Waals surface area contributed by atoms with E-state index in [9.17, 15) is 56.2 Å². The molecule has 0 aromatic heterocycles. The molecular formula is C47H80O17. The Kier molecular flexibility index (Phi) is 14.9. The molecule has 0 radical (unpaired) electrons. The normalized spacial score (nSPS) is 52.5. The van der Waals surface area contributed by atoms with Gasteiger partial charge in [-0.25, -0.2) is 0 Å². The molecule has 17 heteroatoms. The van der Waals surface area contributed by atoms with Crippen molar-refractivity contribution in [3.05, 3.63) is 11.6 Å². The van der Waals surface area contributed by atoms with Crippen LogP contribution in [0.25, 0.3) is 0 Å². The summed E-state index contributed by atoms with van der Waals surface area (Å²) in [6.45, 7) is 16.3. The fourth-order valence-electron chi connectivity index (χ4n) is 14.5. The predicted molar refractivity (Wildman–Crippen MR) is 228 cm³/mol. The van der Waals surface area contributed by atoms with Gasteiger partial charge in [-0.1, -0.05) is 46.3 Å². The van der Waals surface area contributed by atoms with Crippen LogP contribution in [0.5, 0.6) is 0 Å². The largest absolute Gasteiger partial charge is 0.394 e. The van der Waals surface area contributed by atoms with Crippen LogP contribution in [0, 0.1) is 45.3 Å². The van der Waals surface area contributed by atoms with Crippen LogP contribution in [-0.4, -0.2) is 180 Å². The van der Waals surface area contributed by atoms with Crippen LogP contribution in [0.1, 0.15) is 113 Å². The summed E-state index contributed by atoms with van der Waals surface area (Å²) in [5.41, 5.74) is -0.948. The van der Waals surface area contributed by atoms with Gasteiger partial charge in [0.05, 0.1) is 37.6 Å². The fraction of sp³-hybridized carbons (Fsp3) is 0.957. The van der Waals surface area contributed by atoms with Crippen molar-refractivity contribution in [3.8, 4) is 0 Å². The van der Waals surface area contributed by atoms with Crippen LogP contribution in [-0.2, 0) is 28.4 Å². The van der Waals surface area contributed by atoms with Crippen molar-refractivity contribution in [2.45, 2.75) is 217 Å². The summed E-state index contributed by atoms with van der Waals surface area (Å²) < 4.78 is 36.5. The Bertz CT molecular complexity index is 1630. The lowest BCUT2D eigenvalue weighted by molar-refractivity contribution is -0.346. The van der Waals surface area contributed by atoms with Crippen molar-refractivity contribution in [1.82, 2.24) is 0 Å².